The molecule has 0 aliphatic carbocycles. The van der Waals surface area contributed by atoms with Gasteiger partial charge in [0.1, 0.15) is 0 Å². The summed E-state index contributed by atoms with van der Waals surface area (Å²) < 4.78 is 25.1. The van der Waals surface area contributed by atoms with Gasteiger partial charge in [-0.3, -0.25) is 4.90 Å². The van der Waals surface area contributed by atoms with Gasteiger partial charge in [-0.2, -0.15) is 0 Å². The fourth-order valence-corrected chi connectivity index (χ4v) is 2.20. The SMILES string of the molecule is Cl.NC1CCN(Cc2cccc(C(F)F)c2)CC1. The van der Waals surface area contributed by atoms with Gasteiger partial charge in [-0.05, 0) is 37.6 Å². The van der Waals surface area contributed by atoms with Crippen LogP contribution in [-0.2, 0) is 6.54 Å². The Morgan fingerprint density at radius 1 is 1.28 bits per heavy atom. The van der Waals surface area contributed by atoms with Crippen LogP contribution in [0.5, 0.6) is 0 Å². The standard InChI is InChI=1S/C13H18F2N2.ClH/c14-13(15)11-3-1-2-10(8-11)9-17-6-4-12(16)5-7-17;/h1-3,8,12-13H,4-7,9,16H2;1H. The van der Waals surface area contributed by atoms with Crippen LogP contribution in [0.2, 0.25) is 0 Å². The molecule has 1 aromatic carbocycles. The summed E-state index contributed by atoms with van der Waals surface area (Å²) in [7, 11) is 0. The van der Waals surface area contributed by atoms with E-state index >= 15 is 0 Å². The number of halogens is 3. The molecule has 0 atom stereocenters. The molecule has 0 saturated carbocycles. The molecule has 2 N–H and O–H groups in total. The Bertz CT molecular complexity index is 366. The van der Waals surface area contributed by atoms with Crippen molar-refractivity contribution in [3.8, 4) is 0 Å². The van der Waals surface area contributed by atoms with Gasteiger partial charge in [-0.15, -0.1) is 12.4 Å². The monoisotopic (exact) mass is 276 g/mol. The average molecular weight is 277 g/mol. The van der Waals surface area contributed by atoms with E-state index in [-0.39, 0.29) is 18.0 Å². The van der Waals surface area contributed by atoms with Gasteiger partial charge in [0, 0.05) is 18.2 Å². The molecule has 5 heteroatoms. The number of nitrogens with two attached hydrogens (primary N) is 1. The van der Waals surface area contributed by atoms with Crippen LogP contribution in [-0.4, -0.2) is 24.0 Å². The van der Waals surface area contributed by atoms with Crippen LogP contribution in [0.1, 0.15) is 30.4 Å². The zero-order chi connectivity index (χ0) is 12.3. The maximum absolute atomic E-state index is 12.5. The lowest BCUT2D eigenvalue weighted by atomic mass is 10.0. The highest BCUT2D eigenvalue weighted by molar-refractivity contribution is 5.85. The normalized spacial score (nSPS) is 17.8. The van der Waals surface area contributed by atoms with Gasteiger partial charge >= 0.3 is 0 Å². The lowest BCUT2D eigenvalue weighted by Gasteiger charge is -2.30. The molecule has 1 fully saturated rings. The molecule has 0 spiro atoms. The molecule has 2 rings (SSSR count). The summed E-state index contributed by atoms with van der Waals surface area (Å²) >= 11 is 0. The molecule has 2 nitrogen and oxygen atoms in total. The topological polar surface area (TPSA) is 29.3 Å². The van der Waals surface area contributed by atoms with Crippen LogP contribution < -0.4 is 5.73 Å². The highest BCUT2D eigenvalue weighted by Gasteiger charge is 2.16. The van der Waals surface area contributed by atoms with Crippen molar-refractivity contribution < 1.29 is 8.78 Å². The quantitative estimate of drug-likeness (QED) is 0.920. The third-order valence-electron chi connectivity index (χ3n) is 3.24. The van der Waals surface area contributed by atoms with Crippen LogP contribution in [0.25, 0.3) is 0 Å². The van der Waals surface area contributed by atoms with E-state index in [1.165, 1.54) is 6.07 Å². The molecule has 102 valence electrons. The number of hydrogen-bond acceptors (Lipinski definition) is 2. The maximum Gasteiger partial charge on any atom is 0.263 e. The number of hydrogen-bond donors (Lipinski definition) is 1. The predicted molar refractivity (Wildman–Crippen MR) is 71.1 cm³/mol. The smallest absolute Gasteiger partial charge is 0.263 e. The Balaban J connectivity index is 0.00000162. The van der Waals surface area contributed by atoms with E-state index in [0.717, 1.165) is 38.0 Å². The summed E-state index contributed by atoms with van der Waals surface area (Å²) in [6, 6.07) is 6.98. The molecule has 1 aromatic rings. The van der Waals surface area contributed by atoms with Gasteiger partial charge in [0.2, 0.25) is 0 Å². The lowest BCUT2D eigenvalue weighted by Crippen LogP contribution is -2.39. The molecule has 0 unspecified atom stereocenters. The zero-order valence-electron chi connectivity index (χ0n) is 10.2. The number of benzene rings is 1. The minimum atomic E-state index is -2.38. The van der Waals surface area contributed by atoms with Gasteiger partial charge in [0.25, 0.3) is 6.43 Å². The molecule has 1 aliphatic rings. The Morgan fingerprint density at radius 3 is 2.56 bits per heavy atom. The summed E-state index contributed by atoms with van der Waals surface area (Å²) in [5.41, 5.74) is 6.89. The fourth-order valence-electron chi connectivity index (χ4n) is 2.20. The summed E-state index contributed by atoms with van der Waals surface area (Å²) in [6.45, 7) is 2.66. The summed E-state index contributed by atoms with van der Waals surface area (Å²) in [4.78, 5) is 2.27. The first-order valence-corrected chi connectivity index (χ1v) is 6.00. The Labute approximate surface area is 113 Å². The number of piperidine rings is 1. The molecule has 0 aromatic heterocycles. The van der Waals surface area contributed by atoms with E-state index < -0.39 is 6.43 Å². The van der Waals surface area contributed by atoms with Crippen LogP contribution in [0.3, 0.4) is 0 Å². The number of alkyl halides is 2. The van der Waals surface area contributed by atoms with E-state index in [2.05, 4.69) is 4.90 Å². The molecule has 1 aliphatic heterocycles. The molecular formula is C13H19ClF2N2. The van der Waals surface area contributed by atoms with Gasteiger partial charge in [0.05, 0.1) is 0 Å². The second kappa shape index (κ2) is 7.02. The van der Waals surface area contributed by atoms with E-state index in [1.807, 2.05) is 6.07 Å². The highest BCUT2D eigenvalue weighted by atomic mass is 35.5. The van der Waals surface area contributed by atoms with Crippen LogP contribution >= 0.6 is 12.4 Å². The summed E-state index contributed by atoms with van der Waals surface area (Å²) in [5, 5.41) is 0. The molecule has 0 amide bonds. The average Bonchev–Trinajstić information content (AvgIpc) is 2.32. The Morgan fingerprint density at radius 2 is 1.94 bits per heavy atom. The van der Waals surface area contributed by atoms with Crippen molar-refractivity contribution >= 4 is 12.4 Å². The van der Waals surface area contributed by atoms with E-state index in [9.17, 15) is 8.78 Å². The first-order valence-electron chi connectivity index (χ1n) is 6.00. The molecule has 0 bridgehead atoms. The third-order valence-corrected chi connectivity index (χ3v) is 3.24. The Hall–Kier alpha value is -0.710. The first kappa shape index (κ1) is 15.3. The molecule has 18 heavy (non-hydrogen) atoms. The number of likely N-dealkylation sites (tertiary alicyclic amines) is 1. The van der Waals surface area contributed by atoms with Crippen molar-refractivity contribution in [3.05, 3.63) is 35.4 Å². The molecule has 0 radical (unpaired) electrons. The minimum absolute atomic E-state index is 0. The largest absolute Gasteiger partial charge is 0.328 e. The predicted octanol–water partition coefficient (Wildman–Crippen LogP) is 2.97. The highest BCUT2D eigenvalue weighted by Crippen LogP contribution is 2.20. The van der Waals surface area contributed by atoms with Crippen molar-refractivity contribution in [1.82, 2.24) is 4.90 Å². The van der Waals surface area contributed by atoms with Gasteiger partial charge in [0.15, 0.2) is 0 Å². The maximum atomic E-state index is 12.5. The zero-order valence-corrected chi connectivity index (χ0v) is 11.0. The van der Waals surface area contributed by atoms with E-state index in [4.69, 9.17) is 5.73 Å². The lowest BCUT2D eigenvalue weighted by molar-refractivity contribution is 0.151. The van der Waals surface area contributed by atoms with Crippen molar-refractivity contribution in [3.63, 3.8) is 0 Å². The van der Waals surface area contributed by atoms with Crippen molar-refractivity contribution in [2.24, 2.45) is 5.73 Å². The van der Waals surface area contributed by atoms with E-state index in [1.54, 1.807) is 12.1 Å². The first-order chi connectivity index (χ1) is 8.15. The minimum Gasteiger partial charge on any atom is -0.328 e. The number of rotatable bonds is 3. The van der Waals surface area contributed by atoms with E-state index in [0.29, 0.717) is 6.04 Å². The second-order valence-electron chi connectivity index (χ2n) is 4.66. The molecule has 1 heterocycles. The van der Waals surface area contributed by atoms with Gasteiger partial charge < -0.3 is 5.73 Å². The van der Waals surface area contributed by atoms with Gasteiger partial charge in [-0.25, -0.2) is 8.78 Å². The van der Waals surface area contributed by atoms with Crippen molar-refractivity contribution in [2.45, 2.75) is 31.9 Å². The van der Waals surface area contributed by atoms with Crippen LogP contribution in [0, 0.1) is 0 Å². The summed E-state index contributed by atoms with van der Waals surface area (Å²) in [6.07, 6.45) is -0.395. The number of nitrogens with zero attached hydrogens (tertiary/aromatic N) is 1. The second-order valence-corrected chi connectivity index (χ2v) is 4.66. The van der Waals surface area contributed by atoms with Crippen LogP contribution in [0.15, 0.2) is 24.3 Å². The molecule has 1 saturated heterocycles. The van der Waals surface area contributed by atoms with Gasteiger partial charge in [-0.1, -0.05) is 18.2 Å². The van der Waals surface area contributed by atoms with Crippen LogP contribution in [0.4, 0.5) is 8.78 Å². The molecular weight excluding hydrogens is 258 g/mol. The van der Waals surface area contributed by atoms with Crippen molar-refractivity contribution in [1.29, 1.82) is 0 Å². The fraction of sp³-hybridized carbons (Fsp3) is 0.538. The summed E-state index contributed by atoms with van der Waals surface area (Å²) in [5.74, 6) is 0. The third kappa shape index (κ3) is 4.19. The Kier molecular flexibility index (Phi) is 5.99. The van der Waals surface area contributed by atoms with Crippen molar-refractivity contribution in [2.75, 3.05) is 13.1 Å².